The van der Waals surface area contributed by atoms with Crippen LogP contribution in [-0.2, 0) is 18.2 Å². The lowest BCUT2D eigenvalue weighted by Crippen LogP contribution is -2.40. The van der Waals surface area contributed by atoms with Crippen LogP contribution in [0, 0.1) is 0 Å². The number of aliphatic hydroxyl groups is 1. The van der Waals surface area contributed by atoms with Crippen molar-refractivity contribution < 1.29 is 9.84 Å². The van der Waals surface area contributed by atoms with Gasteiger partial charge in [0.2, 0.25) is 0 Å². The van der Waals surface area contributed by atoms with E-state index in [4.69, 9.17) is 4.74 Å². The first-order chi connectivity index (χ1) is 7.61. The highest BCUT2D eigenvalue weighted by molar-refractivity contribution is 5.01. The molecule has 2 unspecified atom stereocenters. The van der Waals surface area contributed by atoms with Crippen LogP contribution in [0.5, 0.6) is 0 Å². The average molecular weight is 225 g/mol. The van der Waals surface area contributed by atoms with Gasteiger partial charge in [0, 0.05) is 33.2 Å². The monoisotopic (exact) mass is 225 g/mol. The van der Waals surface area contributed by atoms with E-state index in [0.29, 0.717) is 12.8 Å². The highest BCUT2D eigenvalue weighted by atomic mass is 16.5. The number of ether oxygens (including phenoxy) is 1. The highest BCUT2D eigenvalue weighted by Crippen LogP contribution is 2.32. The maximum atomic E-state index is 10.5. The summed E-state index contributed by atoms with van der Waals surface area (Å²) in [6, 6.07) is 0. The third-order valence-electron chi connectivity index (χ3n) is 3.27. The van der Waals surface area contributed by atoms with Gasteiger partial charge in [0.15, 0.2) is 0 Å². The average Bonchev–Trinajstić information content (AvgIpc) is 2.63. The molecule has 1 saturated carbocycles. The minimum absolute atomic E-state index is 0.176. The van der Waals surface area contributed by atoms with E-state index in [1.807, 2.05) is 13.2 Å². The fourth-order valence-corrected chi connectivity index (χ4v) is 2.46. The zero-order valence-corrected chi connectivity index (χ0v) is 9.89. The van der Waals surface area contributed by atoms with Gasteiger partial charge in [-0.25, -0.2) is 0 Å². The molecule has 1 aliphatic carbocycles. The van der Waals surface area contributed by atoms with Gasteiger partial charge in [0.05, 0.1) is 17.4 Å². The number of aryl methyl sites for hydroxylation is 1. The summed E-state index contributed by atoms with van der Waals surface area (Å²) in [4.78, 5) is 0. The van der Waals surface area contributed by atoms with Gasteiger partial charge in [0.1, 0.15) is 0 Å². The number of rotatable bonds is 3. The first kappa shape index (κ1) is 11.5. The van der Waals surface area contributed by atoms with Gasteiger partial charge in [-0.05, 0) is 19.3 Å². The van der Waals surface area contributed by atoms with Crippen LogP contribution >= 0.6 is 0 Å². The minimum atomic E-state index is -0.672. The molecular weight excluding hydrogens is 206 g/mol. The smallest absolute Gasteiger partial charge is 0.0855 e. The SMILES string of the molecule is COC1CCCC(O)(Cc2cn(C)nn2)C1. The summed E-state index contributed by atoms with van der Waals surface area (Å²) in [5.41, 5.74) is 0.177. The van der Waals surface area contributed by atoms with Gasteiger partial charge in [-0.2, -0.15) is 0 Å². The van der Waals surface area contributed by atoms with Crippen molar-refractivity contribution in [2.75, 3.05) is 7.11 Å². The standard InChI is InChI=1S/C11H19N3O2/c1-14-8-9(12-13-14)6-11(15)5-3-4-10(7-11)16-2/h8,10,15H,3-7H2,1-2H3. The molecule has 0 spiro atoms. The van der Waals surface area contributed by atoms with Crippen molar-refractivity contribution in [3.63, 3.8) is 0 Å². The second kappa shape index (κ2) is 4.51. The van der Waals surface area contributed by atoms with Crippen molar-refractivity contribution in [1.29, 1.82) is 0 Å². The van der Waals surface area contributed by atoms with Crippen molar-refractivity contribution >= 4 is 0 Å². The Labute approximate surface area is 95.4 Å². The second-order valence-electron chi connectivity index (χ2n) is 4.74. The summed E-state index contributed by atoms with van der Waals surface area (Å²) in [5, 5.41) is 18.4. The molecule has 1 N–H and O–H groups in total. The largest absolute Gasteiger partial charge is 0.389 e. The molecule has 5 nitrogen and oxygen atoms in total. The Morgan fingerprint density at radius 2 is 2.50 bits per heavy atom. The maximum Gasteiger partial charge on any atom is 0.0855 e. The summed E-state index contributed by atoms with van der Waals surface area (Å²) in [5.74, 6) is 0. The van der Waals surface area contributed by atoms with Gasteiger partial charge < -0.3 is 9.84 Å². The molecule has 0 saturated heterocycles. The molecule has 5 heteroatoms. The summed E-state index contributed by atoms with van der Waals surface area (Å²) >= 11 is 0. The molecule has 1 aromatic rings. The fraction of sp³-hybridized carbons (Fsp3) is 0.818. The summed E-state index contributed by atoms with van der Waals surface area (Å²) in [6.45, 7) is 0. The minimum Gasteiger partial charge on any atom is -0.389 e. The van der Waals surface area contributed by atoms with E-state index < -0.39 is 5.60 Å². The molecule has 2 atom stereocenters. The normalized spacial score (nSPS) is 30.6. The van der Waals surface area contributed by atoms with Crippen LogP contribution in [0.4, 0.5) is 0 Å². The molecule has 0 bridgehead atoms. The topological polar surface area (TPSA) is 60.2 Å². The lowest BCUT2D eigenvalue weighted by atomic mass is 9.80. The summed E-state index contributed by atoms with van der Waals surface area (Å²) in [6.07, 6.45) is 6.17. The van der Waals surface area contributed by atoms with E-state index in [1.165, 1.54) is 0 Å². The zero-order chi connectivity index (χ0) is 11.6. The van der Waals surface area contributed by atoms with Crippen molar-refractivity contribution in [3.8, 4) is 0 Å². The first-order valence-electron chi connectivity index (χ1n) is 5.72. The summed E-state index contributed by atoms with van der Waals surface area (Å²) < 4.78 is 6.99. The zero-order valence-electron chi connectivity index (χ0n) is 9.89. The third-order valence-corrected chi connectivity index (χ3v) is 3.27. The number of methoxy groups -OCH3 is 1. The maximum absolute atomic E-state index is 10.5. The lowest BCUT2D eigenvalue weighted by molar-refractivity contribution is -0.0586. The molecule has 0 aromatic carbocycles. The quantitative estimate of drug-likeness (QED) is 0.821. The van der Waals surface area contributed by atoms with Gasteiger partial charge in [-0.3, -0.25) is 4.68 Å². The summed E-state index contributed by atoms with van der Waals surface area (Å²) in [7, 11) is 3.54. The van der Waals surface area contributed by atoms with Crippen LogP contribution in [-0.4, -0.2) is 38.9 Å². The van der Waals surface area contributed by atoms with Gasteiger partial charge in [-0.1, -0.05) is 5.21 Å². The van der Waals surface area contributed by atoms with Crippen LogP contribution in [0.15, 0.2) is 6.20 Å². The van der Waals surface area contributed by atoms with Gasteiger partial charge in [-0.15, -0.1) is 5.10 Å². The fourth-order valence-electron chi connectivity index (χ4n) is 2.46. The Balaban J connectivity index is 2.01. The van der Waals surface area contributed by atoms with Crippen LogP contribution in [0.1, 0.15) is 31.4 Å². The Kier molecular flexibility index (Phi) is 3.25. The molecule has 2 rings (SSSR count). The van der Waals surface area contributed by atoms with E-state index in [-0.39, 0.29) is 6.10 Å². The molecule has 1 heterocycles. The van der Waals surface area contributed by atoms with E-state index in [9.17, 15) is 5.11 Å². The molecule has 90 valence electrons. The predicted molar refractivity (Wildman–Crippen MR) is 58.9 cm³/mol. The first-order valence-corrected chi connectivity index (χ1v) is 5.72. The number of hydrogen-bond acceptors (Lipinski definition) is 4. The van der Waals surface area contributed by atoms with Crippen molar-refractivity contribution in [3.05, 3.63) is 11.9 Å². The number of hydrogen-bond donors (Lipinski definition) is 1. The Bertz CT molecular complexity index is 353. The van der Waals surface area contributed by atoms with E-state index in [2.05, 4.69) is 10.3 Å². The van der Waals surface area contributed by atoms with Crippen LogP contribution in [0.2, 0.25) is 0 Å². The molecule has 1 fully saturated rings. The molecule has 0 amide bonds. The van der Waals surface area contributed by atoms with E-state index >= 15 is 0 Å². The highest BCUT2D eigenvalue weighted by Gasteiger charge is 2.35. The molecule has 0 aliphatic heterocycles. The Morgan fingerprint density at radius 3 is 3.12 bits per heavy atom. The predicted octanol–water partition coefficient (Wildman–Crippen LogP) is 0.678. The van der Waals surface area contributed by atoms with E-state index in [1.54, 1.807) is 11.8 Å². The molecular formula is C11H19N3O2. The van der Waals surface area contributed by atoms with Crippen molar-refractivity contribution in [2.45, 2.75) is 43.8 Å². The molecule has 1 aromatic heterocycles. The lowest BCUT2D eigenvalue weighted by Gasteiger charge is -2.35. The van der Waals surface area contributed by atoms with Crippen LogP contribution in [0.3, 0.4) is 0 Å². The Morgan fingerprint density at radius 1 is 1.69 bits per heavy atom. The number of aromatic nitrogens is 3. The van der Waals surface area contributed by atoms with Crippen molar-refractivity contribution in [2.24, 2.45) is 7.05 Å². The second-order valence-corrected chi connectivity index (χ2v) is 4.74. The van der Waals surface area contributed by atoms with E-state index in [0.717, 1.165) is 25.0 Å². The molecule has 16 heavy (non-hydrogen) atoms. The molecule has 0 radical (unpaired) electrons. The number of nitrogens with zero attached hydrogens (tertiary/aromatic N) is 3. The Hall–Kier alpha value is -0.940. The molecule has 1 aliphatic rings. The van der Waals surface area contributed by atoms with Crippen molar-refractivity contribution in [1.82, 2.24) is 15.0 Å². The third kappa shape index (κ3) is 2.59. The van der Waals surface area contributed by atoms with Gasteiger partial charge in [0.25, 0.3) is 0 Å². The van der Waals surface area contributed by atoms with Crippen LogP contribution in [0.25, 0.3) is 0 Å². The van der Waals surface area contributed by atoms with Crippen LogP contribution < -0.4 is 0 Å². The van der Waals surface area contributed by atoms with Gasteiger partial charge >= 0.3 is 0 Å².